The lowest BCUT2D eigenvalue weighted by Crippen LogP contribution is -2.42. The van der Waals surface area contributed by atoms with Crippen molar-refractivity contribution in [1.29, 1.82) is 0 Å². The third-order valence-corrected chi connectivity index (χ3v) is 2.88. The Morgan fingerprint density at radius 2 is 1.05 bits per heavy atom. The van der Waals surface area contributed by atoms with Crippen LogP contribution in [-0.4, -0.2) is 80.5 Å². The summed E-state index contributed by atoms with van der Waals surface area (Å²) < 4.78 is 9.54. The van der Waals surface area contributed by atoms with Crippen molar-refractivity contribution in [2.45, 2.75) is 36.6 Å². The number of ether oxygens (including phenoxy) is 2. The minimum absolute atomic E-state index is 0.289. The molecule has 0 saturated heterocycles. The van der Waals surface area contributed by atoms with Crippen molar-refractivity contribution in [1.82, 2.24) is 0 Å². The first-order valence-corrected chi connectivity index (χ1v) is 6.09. The number of rotatable bonds is 2. The van der Waals surface area contributed by atoms with E-state index >= 15 is 0 Å². The topological polar surface area (TPSA) is 140 Å². The zero-order valence-electron chi connectivity index (χ0n) is 10.7. The van der Waals surface area contributed by atoms with Crippen molar-refractivity contribution >= 4 is 0 Å². The van der Waals surface area contributed by atoms with E-state index in [-0.39, 0.29) is 13.2 Å². The van der Waals surface area contributed by atoms with Crippen LogP contribution in [0.1, 0.15) is 0 Å². The summed E-state index contributed by atoms with van der Waals surface area (Å²) in [5, 5.41) is 53.1. The Kier molecular flexibility index (Phi) is 6.93. The minimum Gasteiger partial charge on any atom is -0.493 e. The Bertz CT molecular complexity index is 299. The lowest BCUT2D eigenvalue weighted by Gasteiger charge is -2.26. The highest BCUT2D eigenvalue weighted by Gasteiger charge is 2.28. The summed E-state index contributed by atoms with van der Waals surface area (Å²) in [6.45, 7) is -0.578. The summed E-state index contributed by atoms with van der Waals surface area (Å²) >= 11 is 0. The number of aliphatic hydroxyl groups excluding tert-OH is 6. The molecule has 2 aliphatic heterocycles. The van der Waals surface area contributed by atoms with Gasteiger partial charge in [-0.1, -0.05) is 0 Å². The Labute approximate surface area is 115 Å². The lowest BCUT2D eigenvalue weighted by molar-refractivity contribution is -0.0808. The molecule has 0 aromatic heterocycles. The number of hydrogen-bond acceptors (Lipinski definition) is 8. The van der Waals surface area contributed by atoms with E-state index in [0.717, 1.165) is 0 Å². The molecule has 2 aliphatic rings. The molecule has 0 aromatic carbocycles. The van der Waals surface area contributed by atoms with Gasteiger partial charge in [0.25, 0.3) is 0 Å². The average molecular weight is 292 g/mol. The van der Waals surface area contributed by atoms with Crippen LogP contribution in [0.4, 0.5) is 0 Å². The van der Waals surface area contributed by atoms with E-state index in [9.17, 15) is 0 Å². The van der Waals surface area contributed by atoms with Crippen molar-refractivity contribution in [3.8, 4) is 0 Å². The average Bonchev–Trinajstić information content (AvgIpc) is 2.45. The normalized spacial score (nSPS) is 39.3. The summed E-state index contributed by atoms with van der Waals surface area (Å²) in [6, 6.07) is 0. The first-order valence-electron chi connectivity index (χ1n) is 6.09. The molecule has 2 rings (SSSR count). The van der Waals surface area contributed by atoms with Gasteiger partial charge in [-0.15, -0.1) is 0 Å². The summed E-state index contributed by atoms with van der Waals surface area (Å²) in [5.41, 5.74) is 0. The maximum Gasteiger partial charge on any atom is 0.149 e. The van der Waals surface area contributed by atoms with Gasteiger partial charge in [-0.25, -0.2) is 0 Å². The molecule has 0 aromatic rings. The molecule has 0 radical (unpaired) electrons. The van der Waals surface area contributed by atoms with Crippen LogP contribution in [0.3, 0.4) is 0 Å². The van der Waals surface area contributed by atoms with Gasteiger partial charge in [-0.3, -0.25) is 0 Å². The number of aliphatic hydroxyl groups is 6. The van der Waals surface area contributed by atoms with E-state index in [1.807, 2.05) is 0 Å². The van der Waals surface area contributed by atoms with Gasteiger partial charge in [-0.2, -0.15) is 0 Å². The maximum absolute atomic E-state index is 9.05. The van der Waals surface area contributed by atoms with E-state index in [1.165, 1.54) is 24.7 Å². The predicted octanol–water partition coefficient (Wildman–Crippen LogP) is -2.77. The van der Waals surface area contributed by atoms with Gasteiger partial charge < -0.3 is 40.1 Å². The van der Waals surface area contributed by atoms with Crippen molar-refractivity contribution in [2.75, 3.05) is 13.2 Å². The smallest absolute Gasteiger partial charge is 0.149 e. The highest BCUT2D eigenvalue weighted by Crippen LogP contribution is 2.11. The predicted molar refractivity (Wildman–Crippen MR) is 66.2 cm³/mol. The first-order chi connectivity index (χ1) is 9.51. The second kappa shape index (κ2) is 8.20. The summed E-state index contributed by atoms with van der Waals surface area (Å²) in [5.74, 6) is 0. The molecule has 6 atom stereocenters. The molecule has 0 spiro atoms. The SMILES string of the molecule is OC[C@H]1OC=C[C@@H](O)[C@H]1O.OC[C@H]1OC=C[C@@H](O)[C@H]1O. The molecule has 0 fully saturated rings. The zero-order chi connectivity index (χ0) is 15.1. The molecule has 0 saturated carbocycles. The van der Waals surface area contributed by atoms with E-state index in [0.29, 0.717) is 0 Å². The largest absolute Gasteiger partial charge is 0.493 e. The second-order valence-corrected chi connectivity index (χ2v) is 4.33. The van der Waals surface area contributed by atoms with Gasteiger partial charge in [0, 0.05) is 0 Å². The van der Waals surface area contributed by atoms with Gasteiger partial charge in [0.2, 0.25) is 0 Å². The quantitative estimate of drug-likeness (QED) is 0.321. The lowest BCUT2D eigenvalue weighted by atomic mass is 10.1. The Morgan fingerprint density at radius 1 is 0.700 bits per heavy atom. The van der Waals surface area contributed by atoms with Crippen LogP contribution in [-0.2, 0) is 9.47 Å². The molecule has 0 aliphatic carbocycles. The molecule has 20 heavy (non-hydrogen) atoms. The van der Waals surface area contributed by atoms with Crippen LogP contribution >= 0.6 is 0 Å². The Morgan fingerprint density at radius 3 is 1.30 bits per heavy atom. The molecular formula is C12H20O8. The summed E-state index contributed by atoms with van der Waals surface area (Å²) in [6.07, 6.45) is -0.0636. The van der Waals surface area contributed by atoms with Crippen LogP contribution in [0.2, 0.25) is 0 Å². The molecule has 0 bridgehead atoms. The fourth-order valence-corrected chi connectivity index (χ4v) is 1.58. The third-order valence-electron chi connectivity index (χ3n) is 2.88. The van der Waals surface area contributed by atoms with E-state index in [2.05, 4.69) is 0 Å². The van der Waals surface area contributed by atoms with Crippen LogP contribution < -0.4 is 0 Å². The highest BCUT2D eigenvalue weighted by molar-refractivity contribution is 4.97. The monoisotopic (exact) mass is 292 g/mol. The molecule has 6 N–H and O–H groups in total. The van der Waals surface area contributed by atoms with Crippen molar-refractivity contribution in [3.05, 3.63) is 24.7 Å². The van der Waals surface area contributed by atoms with Crippen molar-refractivity contribution in [2.24, 2.45) is 0 Å². The molecular weight excluding hydrogens is 272 g/mol. The van der Waals surface area contributed by atoms with Crippen LogP contribution in [0.15, 0.2) is 24.7 Å². The van der Waals surface area contributed by atoms with E-state index in [4.69, 9.17) is 40.1 Å². The van der Waals surface area contributed by atoms with Crippen molar-refractivity contribution in [3.63, 3.8) is 0 Å². The molecule has 8 heteroatoms. The first kappa shape index (κ1) is 16.9. The Hall–Kier alpha value is -1.16. The van der Waals surface area contributed by atoms with Gasteiger partial charge >= 0.3 is 0 Å². The molecule has 2 heterocycles. The summed E-state index contributed by atoms with van der Waals surface area (Å²) in [4.78, 5) is 0. The second-order valence-electron chi connectivity index (χ2n) is 4.33. The van der Waals surface area contributed by atoms with Crippen LogP contribution in [0.25, 0.3) is 0 Å². The molecule has 0 unspecified atom stereocenters. The zero-order valence-corrected chi connectivity index (χ0v) is 10.7. The number of hydrogen-bond donors (Lipinski definition) is 6. The summed E-state index contributed by atoms with van der Waals surface area (Å²) in [7, 11) is 0. The highest BCUT2D eigenvalue weighted by atomic mass is 16.5. The van der Waals surface area contributed by atoms with Crippen LogP contribution in [0.5, 0.6) is 0 Å². The van der Waals surface area contributed by atoms with Gasteiger partial charge in [0.15, 0.2) is 0 Å². The fourth-order valence-electron chi connectivity index (χ4n) is 1.58. The van der Waals surface area contributed by atoms with E-state index in [1.54, 1.807) is 0 Å². The van der Waals surface area contributed by atoms with Gasteiger partial charge in [-0.05, 0) is 12.2 Å². The van der Waals surface area contributed by atoms with E-state index < -0.39 is 36.6 Å². The minimum atomic E-state index is -1.02. The Balaban J connectivity index is 0.000000200. The molecule has 8 nitrogen and oxygen atoms in total. The molecule has 116 valence electrons. The fraction of sp³-hybridized carbons (Fsp3) is 0.667. The van der Waals surface area contributed by atoms with Gasteiger partial charge in [0.1, 0.15) is 36.6 Å². The van der Waals surface area contributed by atoms with Crippen molar-refractivity contribution < 1.29 is 40.1 Å². The maximum atomic E-state index is 9.05. The van der Waals surface area contributed by atoms with Gasteiger partial charge in [0.05, 0.1) is 25.7 Å². The van der Waals surface area contributed by atoms with Crippen LogP contribution in [0, 0.1) is 0 Å². The third kappa shape index (κ3) is 4.44. The standard InChI is InChI=1S/2C6H10O4/c2*7-3-5-6(9)4(8)1-2-10-5/h2*1-2,4-9H,3H2/t2*4-,5-,6-/m11/s1. The molecule has 0 amide bonds.